The largest absolute Gasteiger partial charge is 0.488 e. The number of pyridine rings is 1. The van der Waals surface area contributed by atoms with Crippen molar-refractivity contribution in [3.05, 3.63) is 47.7 Å². The molecule has 0 bridgehead atoms. The van der Waals surface area contributed by atoms with E-state index < -0.39 is 11.7 Å². The Morgan fingerprint density at radius 2 is 1.75 bits per heavy atom. The van der Waals surface area contributed by atoms with E-state index in [1.165, 1.54) is 18.3 Å². The molecule has 28 heavy (non-hydrogen) atoms. The monoisotopic (exact) mass is 391 g/mol. The van der Waals surface area contributed by atoms with Gasteiger partial charge in [-0.05, 0) is 49.6 Å². The van der Waals surface area contributed by atoms with E-state index in [-0.39, 0.29) is 5.91 Å². The van der Waals surface area contributed by atoms with Crippen LogP contribution in [0.15, 0.2) is 36.5 Å². The molecular formula is C20H20F3N3O2. The molecule has 1 fully saturated rings. The van der Waals surface area contributed by atoms with Crippen LogP contribution < -0.4 is 9.64 Å². The maximum absolute atomic E-state index is 12.8. The lowest BCUT2D eigenvalue weighted by molar-refractivity contribution is -0.137. The zero-order chi connectivity index (χ0) is 19.7. The summed E-state index contributed by atoms with van der Waals surface area (Å²) in [4.78, 5) is 20.7. The molecule has 2 aliphatic rings. The van der Waals surface area contributed by atoms with Gasteiger partial charge in [-0.1, -0.05) is 0 Å². The predicted octanol–water partition coefficient (Wildman–Crippen LogP) is 4.26. The maximum atomic E-state index is 12.8. The van der Waals surface area contributed by atoms with Gasteiger partial charge in [0.1, 0.15) is 6.61 Å². The molecule has 0 unspecified atom stereocenters. The van der Waals surface area contributed by atoms with Crippen LogP contribution in [0.2, 0.25) is 0 Å². The molecule has 5 nitrogen and oxygen atoms in total. The predicted molar refractivity (Wildman–Crippen MR) is 97.9 cm³/mol. The number of alkyl halides is 3. The molecule has 4 rings (SSSR count). The Morgan fingerprint density at radius 1 is 1.04 bits per heavy atom. The van der Waals surface area contributed by atoms with Gasteiger partial charge in [-0.25, -0.2) is 4.98 Å². The first kappa shape index (κ1) is 18.6. The lowest BCUT2D eigenvalue weighted by Crippen LogP contribution is -2.36. The van der Waals surface area contributed by atoms with E-state index in [0.29, 0.717) is 36.0 Å². The quantitative estimate of drug-likeness (QED) is 0.768. The molecule has 148 valence electrons. The van der Waals surface area contributed by atoms with E-state index in [2.05, 4.69) is 4.98 Å². The van der Waals surface area contributed by atoms with Gasteiger partial charge in [0, 0.05) is 25.0 Å². The van der Waals surface area contributed by atoms with Gasteiger partial charge in [0.2, 0.25) is 0 Å². The minimum absolute atomic E-state index is 0.0646. The number of halogens is 3. The number of anilines is 2. The van der Waals surface area contributed by atoms with Gasteiger partial charge in [0.05, 0.1) is 17.7 Å². The van der Waals surface area contributed by atoms with E-state index in [1.807, 2.05) is 4.90 Å². The van der Waals surface area contributed by atoms with Crippen molar-refractivity contribution in [3.8, 4) is 5.75 Å². The highest BCUT2D eigenvalue weighted by Gasteiger charge is 2.31. The van der Waals surface area contributed by atoms with Crippen molar-refractivity contribution in [2.75, 3.05) is 31.1 Å². The molecule has 0 radical (unpaired) electrons. The number of hydrogen-bond acceptors (Lipinski definition) is 4. The standard InChI is InChI=1S/C20H20F3N3O2/c21-20(22,23)15-4-6-16(7-5-15)26-10-11-28-17-12-14(13-24-18(17)26)19(27)25-8-2-1-3-9-25/h4-7,12-13H,1-3,8-11H2. The third kappa shape index (κ3) is 3.63. The second-order valence-corrected chi connectivity index (χ2v) is 6.94. The average molecular weight is 391 g/mol. The zero-order valence-corrected chi connectivity index (χ0v) is 15.2. The number of rotatable bonds is 2. The molecule has 1 aromatic heterocycles. The first-order valence-electron chi connectivity index (χ1n) is 9.30. The van der Waals surface area contributed by atoms with Crippen molar-refractivity contribution in [3.63, 3.8) is 0 Å². The Labute approximate surface area is 160 Å². The zero-order valence-electron chi connectivity index (χ0n) is 15.2. The number of carbonyl (C=O) groups excluding carboxylic acids is 1. The topological polar surface area (TPSA) is 45.7 Å². The molecule has 2 aliphatic heterocycles. The summed E-state index contributed by atoms with van der Waals surface area (Å²) < 4.78 is 44.1. The van der Waals surface area contributed by atoms with E-state index >= 15 is 0 Å². The maximum Gasteiger partial charge on any atom is 0.416 e. The third-order valence-electron chi connectivity index (χ3n) is 5.06. The number of likely N-dealkylation sites (tertiary alicyclic amines) is 1. The summed E-state index contributed by atoms with van der Waals surface area (Å²) in [6.45, 7) is 2.31. The molecule has 0 aliphatic carbocycles. The van der Waals surface area contributed by atoms with Crippen LogP contribution in [0.3, 0.4) is 0 Å². The van der Waals surface area contributed by atoms with Crippen LogP contribution in [0.1, 0.15) is 35.2 Å². The van der Waals surface area contributed by atoms with Crippen LogP contribution in [0.25, 0.3) is 0 Å². The minimum Gasteiger partial charge on any atom is -0.488 e. The summed E-state index contributed by atoms with van der Waals surface area (Å²) in [6.07, 6.45) is 0.285. The molecule has 0 saturated carbocycles. The SMILES string of the molecule is O=C(c1cnc2c(c1)OCCN2c1ccc(C(F)(F)F)cc1)N1CCCCC1. The van der Waals surface area contributed by atoms with Crippen molar-refractivity contribution < 1.29 is 22.7 Å². The van der Waals surface area contributed by atoms with Crippen molar-refractivity contribution in [1.82, 2.24) is 9.88 Å². The first-order valence-corrected chi connectivity index (χ1v) is 9.30. The molecule has 0 N–H and O–H groups in total. The van der Waals surface area contributed by atoms with Crippen molar-refractivity contribution in [2.24, 2.45) is 0 Å². The highest BCUT2D eigenvalue weighted by atomic mass is 19.4. The van der Waals surface area contributed by atoms with Crippen molar-refractivity contribution in [2.45, 2.75) is 25.4 Å². The fraction of sp³-hybridized carbons (Fsp3) is 0.400. The van der Waals surface area contributed by atoms with Gasteiger partial charge in [-0.2, -0.15) is 13.2 Å². The van der Waals surface area contributed by atoms with Gasteiger partial charge in [0.15, 0.2) is 11.6 Å². The van der Waals surface area contributed by atoms with Crippen LogP contribution in [-0.2, 0) is 6.18 Å². The highest BCUT2D eigenvalue weighted by Crippen LogP contribution is 2.37. The van der Waals surface area contributed by atoms with Gasteiger partial charge >= 0.3 is 6.18 Å². The number of aromatic nitrogens is 1. The lowest BCUT2D eigenvalue weighted by Gasteiger charge is -2.31. The second kappa shape index (κ2) is 7.33. The van der Waals surface area contributed by atoms with Crippen LogP contribution in [-0.4, -0.2) is 42.0 Å². The Morgan fingerprint density at radius 3 is 2.43 bits per heavy atom. The Bertz CT molecular complexity index is 862. The van der Waals surface area contributed by atoms with E-state index in [0.717, 1.165) is 44.5 Å². The van der Waals surface area contributed by atoms with Crippen LogP contribution in [0.4, 0.5) is 24.7 Å². The molecule has 1 aromatic carbocycles. The molecular weight excluding hydrogens is 371 g/mol. The number of benzene rings is 1. The first-order chi connectivity index (χ1) is 13.4. The Balaban J connectivity index is 1.59. The third-order valence-corrected chi connectivity index (χ3v) is 5.06. The van der Waals surface area contributed by atoms with Gasteiger partial charge < -0.3 is 14.5 Å². The number of hydrogen-bond donors (Lipinski definition) is 0. The molecule has 0 spiro atoms. The number of amides is 1. The molecule has 1 saturated heterocycles. The molecule has 1 amide bonds. The summed E-state index contributed by atoms with van der Waals surface area (Å²) in [7, 11) is 0. The smallest absolute Gasteiger partial charge is 0.416 e. The molecule has 2 aromatic rings. The molecule has 8 heteroatoms. The number of ether oxygens (including phenoxy) is 1. The fourth-order valence-corrected chi connectivity index (χ4v) is 3.58. The van der Waals surface area contributed by atoms with Crippen molar-refractivity contribution in [1.29, 1.82) is 0 Å². The summed E-state index contributed by atoms with van der Waals surface area (Å²) >= 11 is 0. The van der Waals surface area contributed by atoms with E-state index in [4.69, 9.17) is 4.74 Å². The number of nitrogens with zero attached hydrogens (tertiary/aromatic N) is 3. The van der Waals surface area contributed by atoms with Gasteiger partial charge in [-0.15, -0.1) is 0 Å². The van der Waals surface area contributed by atoms with E-state index in [9.17, 15) is 18.0 Å². The Kier molecular flexibility index (Phi) is 4.87. The van der Waals surface area contributed by atoms with Gasteiger partial charge in [-0.3, -0.25) is 4.79 Å². The van der Waals surface area contributed by atoms with E-state index in [1.54, 1.807) is 11.0 Å². The molecule has 0 atom stereocenters. The lowest BCUT2D eigenvalue weighted by atomic mass is 10.1. The Hall–Kier alpha value is -2.77. The fourth-order valence-electron chi connectivity index (χ4n) is 3.58. The summed E-state index contributed by atoms with van der Waals surface area (Å²) in [5.74, 6) is 0.903. The normalized spacial score (nSPS) is 17.1. The number of carbonyl (C=O) groups is 1. The number of piperidine rings is 1. The second-order valence-electron chi connectivity index (χ2n) is 6.94. The van der Waals surface area contributed by atoms with Crippen LogP contribution >= 0.6 is 0 Å². The average Bonchev–Trinajstić information content (AvgIpc) is 2.72. The van der Waals surface area contributed by atoms with Gasteiger partial charge in [0.25, 0.3) is 5.91 Å². The molecule has 3 heterocycles. The minimum atomic E-state index is -4.37. The van der Waals surface area contributed by atoms with Crippen LogP contribution in [0, 0.1) is 0 Å². The van der Waals surface area contributed by atoms with Crippen molar-refractivity contribution >= 4 is 17.4 Å². The highest BCUT2D eigenvalue weighted by molar-refractivity contribution is 5.95. The summed E-state index contributed by atoms with van der Waals surface area (Å²) in [5.41, 5.74) is 0.371. The summed E-state index contributed by atoms with van der Waals surface area (Å²) in [5, 5.41) is 0. The van der Waals surface area contributed by atoms with Crippen LogP contribution in [0.5, 0.6) is 5.75 Å². The number of fused-ring (bicyclic) bond motifs is 1. The summed E-state index contributed by atoms with van der Waals surface area (Å²) in [6, 6.07) is 6.63.